The second-order valence-electron chi connectivity index (χ2n) is 4.33. The smallest absolute Gasteiger partial charge is 0.319 e. The van der Waals surface area contributed by atoms with Gasteiger partial charge in [-0.25, -0.2) is 13.6 Å². The van der Waals surface area contributed by atoms with E-state index in [4.69, 9.17) is 5.11 Å². The van der Waals surface area contributed by atoms with Gasteiger partial charge in [-0.05, 0) is 23.3 Å². The van der Waals surface area contributed by atoms with Crippen LogP contribution in [0.4, 0.5) is 19.3 Å². The minimum atomic E-state index is -0.846. The summed E-state index contributed by atoms with van der Waals surface area (Å²) < 4.78 is 26.8. The third-order valence-electron chi connectivity index (χ3n) is 2.93. The highest BCUT2D eigenvalue weighted by atomic mass is 19.1. The quantitative estimate of drug-likeness (QED) is 0.811. The van der Waals surface area contributed by atoms with Crippen LogP contribution in [0.15, 0.2) is 42.5 Å². The average Bonchev–Trinajstić information content (AvgIpc) is 2.49. The lowest BCUT2D eigenvalue weighted by molar-refractivity contribution is 0.251. The van der Waals surface area contributed by atoms with Crippen molar-refractivity contribution < 1.29 is 18.7 Å². The molecule has 0 fully saturated rings. The van der Waals surface area contributed by atoms with E-state index in [1.54, 1.807) is 24.3 Å². The van der Waals surface area contributed by atoms with Crippen molar-refractivity contribution in [2.45, 2.75) is 13.2 Å². The van der Waals surface area contributed by atoms with E-state index in [0.29, 0.717) is 5.56 Å². The molecule has 0 aliphatic carbocycles. The Labute approximate surface area is 120 Å². The molecule has 21 heavy (non-hydrogen) atoms. The first kappa shape index (κ1) is 14.9. The summed E-state index contributed by atoms with van der Waals surface area (Å²) in [4.78, 5) is 11.7. The fraction of sp³-hybridized carbons (Fsp3) is 0.133. The van der Waals surface area contributed by atoms with E-state index in [1.165, 1.54) is 6.07 Å². The molecule has 0 bridgehead atoms. The zero-order valence-electron chi connectivity index (χ0n) is 11.1. The van der Waals surface area contributed by atoms with Crippen molar-refractivity contribution in [3.63, 3.8) is 0 Å². The third-order valence-corrected chi connectivity index (χ3v) is 2.93. The average molecular weight is 292 g/mol. The number of para-hydroxylation sites is 1. The highest BCUT2D eigenvalue weighted by Crippen LogP contribution is 2.17. The van der Waals surface area contributed by atoms with Crippen molar-refractivity contribution in [3.05, 3.63) is 65.2 Å². The van der Waals surface area contributed by atoms with E-state index in [2.05, 4.69) is 10.6 Å². The Bertz CT molecular complexity index is 627. The minimum absolute atomic E-state index is 0.138. The Kier molecular flexibility index (Phi) is 4.84. The van der Waals surface area contributed by atoms with Gasteiger partial charge < -0.3 is 15.7 Å². The Balaban J connectivity index is 1.99. The van der Waals surface area contributed by atoms with Crippen molar-refractivity contribution >= 4 is 11.7 Å². The monoisotopic (exact) mass is 292 g/mol. The summed E-state index contributed by atoms with van der Waals surface area (Å²) in [7, 11) is 0. The predicted molar refractivity (Wildman–Crippen MR) is 74.6 cm³/mol. The van der Waals surface area contributed by atoms with Gasteiger partial charge in [0.1, 0.15) is 17.3 Å². The number of nitrogens with one attached hydrogen (secondary N) is 2. The number of aliphatic hydroxyl groups is 1. The molecule has 0 radical (unpaired) electrons. The van der Waals surface area contributed by atoms with E-state index in [0.717, 1.165) is 17.7 Å². The van der Waals surface area contributed by atoms with Gasteiger partial charge in [-0.2, -0.15) is 0 Å². The van der Waals surface area contributed by atoms with Crippen LogP contribution in [0.5, 0.6) is 0 Å². The Morgan fingerprint density at radius 2 is 1.62 bits per heavy atom. The number of hydrogen-bond acceptors (Lipinski definition) is 2. The first-order valence-electron chi connectivity index (χ1n) is 6.28. The van der Waals surface area contributed by atoms with Crippen molar-refractivity contribution in [3.8, 4) is 0 Å². The number of hydrogen-bond donors (Lipinski definition) is 3. The Morgan fingerprint density at radius 3 is 2.24 bits per heavy atom. The molecule has 0 aromatic heterocycles. The molecule has 0 heterocycles. The fourth-order valence-corrected chi connectivity index (χ4v) is 1.83. The topological polar surface area (TPSA) is 61.4 Å². The number of rotatable bonds is 4. The number of halogens is 2. The maximum absolute atomic E-state index is 13.4. The molecule has 2 aromatic carbocycles. The number of carbonyl (C=O) groups excluding carboxylic acids is 1. The maximum atomic E-state index is 13.4. The molecule has 4 nitrogen and oxygen atoms in total. The van der Waals surface area contributed by atoms with Gasteiger partial charge in [-0.1, -0.05) is 30.3 Å². The standard InChI is InChI=1S/C15H14F2N2O2/c16-12-6-3-7-13(17)14(12)19-15(21)18-8-10-4-1-2-5-11(10)9-20/h1-7,20H,8-9H2,(H2,18,19,21). The number of amides is 2. The van der Waals surface area contributed by atoms with Crippen LogP contribution in [0.25, 0.3) is 0 Å². The molecule has 0 aliphatic heterocycles. The van der Waals surface area contributed by atoms with E-state index >= 15 is 0 Å². The first-order valence-corrected chi connectivity index (χ1v) is 6.28. The zero-order valence-corrected chi connectivity index (χ0v) is 11.1. The van der Waals surface area contributed by atoms with E-state index in [-0.39, 0.29) is 13.2 Å². The number of aliphatic hydroxyl groups excluding tert-OH is 1. The highest BCUT2D eigenvalue weighted by molar-refractivity contribution is 5.89. The van der Waals surface area contributed by atoms with Crippen molar-refractivity contribution in [1.29, 1.82) is 0 Å². The third kappa shape index (κ3) is 3.76. The molecule has 0 aliphatic rings. The Morgan fingerprint density at radius 1 is 1.00 bits per heavy atom. The fourth-order valence-electron chi connectivity index (χ4n) is 1.83. The summed E-state index contributed by atoms with van der Waals surface area (Å²) >= 11 is 0. The van der Waals surface area contributed by atoms with Crippen LogP contribution < -0.4 is 10.6 Å². The van der Waals surface area contributed by atoms with Gasteiger partial charge in [0.05, 0.1) is 6.61 Å². The van der Waals surface area contributed by atoms with Crippen LogP contribution in [0.2, 0.25) is 0 Å². The normalized spacial score (nSPS) is 10.2. The van der Waals surface area contributed by atoms with Gasteiger partial charge in [-0.15, -0.1) is 0 Å². The molecule has 2 amide bonds. The molecule has 2 rings (SSSR count). The van der Waals surface area contributed by atoms with Crippen molar-refractivity contribution in [2.75, 3.05) is 5.32 Å². The minimum Gasteiger partial charge on any atom is -0.392 e. The number of anilines is 1. The zero-order chi connectivity index (χ0) is 15.2. The van der Waals surface area contributed by atoms with Gasteiger partial charge in [0.15, 0.2) is 0 Å². The van der Waals surface area contributed by atoms with Gasteiger partial charge in [-0.3, -0.25) is 0 Å². The first-order chi connectivity index (χ1) is 10.1. The summed E-state index contributed by atoms with van der Waals surface area (Å²) in [6, 6.07) is 9.60. The molecule has 2 aromatic rings. The molecular formula is C15H14F2N2O2. The Hall–Kier alpha value is -2.47. The van der Waals surface area contributed by atoms with Gasteiger partial charge in [0.2, 0.25) is 0 Å². The van der Waals surface area contributed by atoms with E-state index in [9.17, 15) is 13.6 Å². The van der Waals surface area contributed by atoms with E-state index < -0.39 is 23.4 Å². The molecule has 0 spiro atoms. The van der Waals surface area contributed by atoms with Crippen LogP contribution in [-0.2, 0) is 13.2 Å². The van der Waals surface area contributed by atoms with Crippen LogP contribution in [-0.4, -0.2) is 11.1 Å². The summed E-state index contributed by atoms with van der Waals surface area (Å²) in [6.45, 7) is -0.0138. The second kappa shape index (κ2) is 6.81. The second-order valence-corrected chi connectivity index (χ2v) is 4.33. The van der Waals surface area contributed by atoms with Crippen LogP contribution in [0.1, 0.15) is 11.1 Å². The largest absolute Gasteiger partial charge is 0.392 e. The van der Waals surface area contributed by atoms with Crippen LogP contribution >= 0.6 is 0 Å². The lowest BCUT2D eigenvalue weighted by Gasteiger charge is -2.11. The van der Waals surface area contributed by atoms with Gasteiger partial charge in [0.25, 0.3) is 0 Å². The summed E-state index contributed by atoms with van der Waals surface area (Å²) in [6.07, 6.45) is 0. The number of carbonyl (C=O) groups is 1. The highest BCUT2D eigenvalue weighted by Gasteiger charge is 2.11. The summed E-state index contributed by atoms with van der Waals surface area (Å²) in [5.41, 5.74) is 0.907. The van der Waals surface area contributed by atoms with Crippen LogP contribution in [0, 0.1) is 11.6 Å². The molecule has 0 unspecified atom stereocenters. The summed E-state index contributed by atoms with van der Waals surface area (Å²) in [5.74, 6) is -1.69. The molecule has 0 atom stereocenters. The molecular weight excluding hydrogens is 278 g/mol. The molecule has 0 saturated heterocycles. The number of benzene rings is 2. The van der Waals surface area contributed by atoms with Gasteiger partial charge in [0, 0.05) is 6.54 Å². The molecule has 3 N–H and O–H groups in total. The molecule has 110 valence electrons. The lowest BCUT2D eigenvalue weighted by Crippen LogP contribution is -2.29. The van der Waals surface area contributed by atoms with Crippen molar-refractivity contribution in [2.24, 2.45) is 0 Å². The molecule has 6 heteroatoms. The van der Waals surface area contributed by atoms with Crippen LogP contribution in [0.3, 0.4) is 0 Å². The number of urea groups is 1. The van der Waals surface area contributed by atoms with E-state index in [1.807, 2.05) is 0 Å². The van der Waals surface area contributed by atoms with Gasteiger partial charge >= 0.3 is 6.03 Å². The SMILES string of the molecule is O=C(NCc1ccccc1CO)Nc1c(F)cccc1F. The summed E-state index contributed by atoms with van der Waals surface area (Å²) in [5, 5.41) is 13.8. The van der Waals surface area contributed by atoms with Crippen molar-refractivity contribution in [1.82, 2.24) is 5.32 Å². The maximum Gasteiger partial charge on any atom is 0.319 e. The lowest BCUT2D eigenvalue weighted by atomic mass is 10.1. The predicted octanol–water partition coefficient (Wildman–Crippen LogP) is 2.78. The molecule has 0 saturated carbocycles.